The molecule has 2 bridgehead atoms. The minimum atomic E-state index is -0.0531. The molecule has 6 rings (SSSR count). The van der Waals surface area contributed by atoms with Crippen molar-refractivity contribution in [2.75, 3.05) is 13.2 Å². The molecule has 0 aromatic carbocycles. The van der Waals surface area contributed by atoms with E-state index < -0.39 is 0 Å². The Hall–Kier alpha value is -1.16. The van der Waals surface area contributed by atoms with E-state index in [9.17, 15) is 9.59 Å². The molecule has 20 heavy (non-hydrogen) atoms. The Morgan fingerprint density at radius 2 is 1.75 bits per heavy atom. The molecule has 4 nitrogen and oxygen atoms in total. The van der Waals surface area contributed by atoms with Crippen molar-refractivity contribution in [1.29, 1.82) is 0 Å². The van der Waals surface area contributed by atoms with Crippen molar-refractivity contribution in [3.8, 4) is 0 Å². The van der Waals surface area contributed by atoms with E-state index in [-0.39, 0.29) is 29.8 Å². The summed E-state index contributed by atoms with van der Waals surface area (Å²) in [5.74, 6) is 2.10. The van der Waals surface area contributed by atoms with Crippen LogP contribution in [-0.2, 0) is 14.3 Å². The summed E-state index contributed by atoms with van der Waals surface area (Å²) in [6.07, 6.45) is 7.76. The Labute approximate surface area is 118 Å². The molecule has 4 aliphatic carbocycles. The molecule has 0 spiro atoms. The predicted octanol–water partition coefficient (Wildman–Crippen LogP) is 1.22. The lowest BCUT2D eigenvalue weighted by Gasteiger charge is -2.37. The smallest absolute Gasteiger partial charge is 0.233 e. The fourth-order valence-electron chi connectivity index (χ4n) is 5.19. The largest absolute Gasteiger partial charge is 0.376 e. The molecule has 2 heterocycles. The quantitative estimate of drug-likeness (QED) is 0.561. The summed E-state index contributed by atoms with van der Waals surface area (Å²) < 4.78 is 5.60. The van der Waals surface area contributed by atoms with Crippen LogP contribution in [0.5, 0.6) is 0 Å². The van der Waals surface area contributed by atoms with E-state index >= 15 is 0 Å². The number of rotatable bonds is 2. The zero-order valence-corrected chi connectivity index (χ0v) is 11.4. The molecule has 2 saturated carbocycles. The van der Waals surface area contributed by atoms with Crippen molar-refractivity contribution in [1.82, 2.24) is 4.90 Å². The van der Waals surface area contributed by atoms with Crippen LogP contribution in [0.1, 0.15) is 19.3 Å². The van der Waals surface area contributed by atoms with E-state index in [1.807, 2.05) is 0 Å². The topological polar surface area (TPSA) is 46.6 Å². The van der Waals surface area contributed by atoms with Crippen LogP contribution in [0.3, 0.4) is 0 Å². The first-order chi connectivity index (χ1) is 9.75. The number of ether oxygens (including phenoxy) is 1. The molecule has 106 valence electrons. The van der Waals surface area contributed by atoms with Gasteiger partial charge in [0.1, 0.15) is 0 Å². The van der Waals surface area contributed by atoms with Gasteiger partial charge < -0.3 is 4.74 Å². The van der Waals surface area contributed by atoms with Gasteiger partial charge in [-0.25, -0.2) is 0 Å². The van der Waals surface area contributed by atoms with E-state index in [0.29, 0.717) is 30.2 Å². The summed E-state index contributed by atoms with van der Waals surface area (Å²) in [5, 5.41) is 0. The molecule has 2 amide bonds. The van der Waals surface area contributed by atoms with Crippen molar-refractivity contribution in [2.24, 2.45) is 35.5 Å². The van der Waals surface area contributed by atoms with E-state index in [1.54, 1.807) is 0 Å². The zero-order chi connectivity index (χ0) is 13.4. The highest BCUT2D eigenvalue weighted by Crippen LogP contribution is 2.65. The van der Waals surface area contributed by atoms with Gasteiger partial charge in [-0.15, -0.1) is 0 Å². The van der Waals surface area contributed by atoms with Gasteiger partial charge in [0.15, 0.2) is 0 Å². The fraction of sp³-hybridized carbons (Fsp3) is 0.750. The van der Waals surface area contributed by atoms with Gasteiger partial charge in [-0.05, 0) is 42.9 Å². The molecule has 4 heteroatoms. The van der Waals surface area contributed by atoms with Crippen LogP contribution in [-0.4, -0.2) is 36.0 Å². The lowest BCUT2D eigenvalue weighted by Crippen LogP contribution is -2.40. The number of hydrogen-bond donors (Lipinski definition) is 0. The van der Waals surface area contributed by atoms with Gasteiger partial charge in [0, 0.05) is 6.61 Å². The highest BCUT2D eigenvalue weighted by Gasteiger charge is 2.67. The lowest BCUT2D eigenvalue weighted by molar-refractivity contribution is -0.142. The Balaban J connectivity index is 1.44. The summed E-state index contributed by atoms with van der Waals surface area (Å²) >= 11 is 0. The maximum Gasteiger partial charge on any atom is 0.233 e. The molecule has 6 aliphatic rings. The van der Waals surface area contributed by atoms with Crippen molar-refractivity contribution in [3.63, 3.8) is 0 Å². The Morgan fingerprint density at radius 3 is 2.30 bits per heavy atom. The number of allylic oxidation sites excluding steroid dienone is 2. The molecular weight excluding hydrogens is 254 g/mol. The highest BCUT2D eigenvalue weighted by molar-refractivity contribution is 6.06. The van der Waals surface area contributed by atoms with Crippen molar-refractivity contribution < 1.29 is 14.3 Å². The van der Waals surface area contributed by atoms with E-state index in [2.05, 4.69) is 12.2 Å². The fourth-order valence-corrected chi connectivity index (χ4v) is 5.19. The molecule has 0 radical (unpaired) electrons. The molecule has 0 N–H and O–H groups in total. The van der Waals surface area contributed by atoms with Crippen LogP contribution in [0, 0.1) is 35.5 Å². The standard InChI is InChI=1S/C16H19NO3/c18-15-13-9-3-4-10(12-6-11(9)12)14(13)16(19)17(15)7-8-2-1-5-20-8/h3-4,8-14H,1-2,5-7H2/t8-,9+,10+,11+,12+,13-,14+/m0/s1. The molecule has 0 aromatic rings. The van der Waals surface area contributed by atoms with Gasteiger partial charge >= 0.3 is 0 Å². The number of amides is 2. The maximum atomic E-state index is 12.7. The Bertz CT molecular complexity index is 486. The number of nitrogens with zero attached hydrogens (tertiary/aromatic N) is 1. The third kappa shape index (κ3) is 1.31. The number of carbonyl (C=O) groups excluding carboxylic acids is 2. The monoisotopic (exact) mass is 273 g/mol. The SMILES string of the molecule is O=C1[C@@H]2[C@@H]3C=C[C@H]([C@H]4C[C@H]34)[C@@H]2C(=O)N1C[C@@H]1CCCO1. The summed E-state index contributed by atoms with van der Waals surface area (Å²) in [7, 11) is 0. The minimum absolute atomic E-state index is 0.0531. The first-order valence-corrected chi connectivity index (χ1v) is 7.91. The van der Waals surface area contributed by atoms with Crippen molar-refractivity contribution in [3.05, 3.63) is 12.2 Å². The molecule has 2 saturated heterocycles. The summed E-state index contributed by atoms with van der Waals surface area (Å²) in [6, 6.07) is 0. The Kier molecular flexibility index (Phi) is 2.14. The van der Waals surface area contributed by atoms with Crippen LogP contribution in [0.2, 0.25) is 0 Å². The average molecular weight is 273 g/mol. The van der Waals surface area contributed by atoms with Crippen LogP contribution in [0.25, 0.3) is 0 Å². The second-order valence-electron chi connectivity index (χ2n) is 7.08. The van der Waals surface area contributed by atoms with Gasteiger partial charge in [0.2, 0.25) is 11.8 Å². The van der Waals surface area contributed by atoms with E-state index in [4.69, 9.17) is 4.74 Å². The average Bonchev–Trinajstić information content (AvgIpc) is 3.08. The number of hydrogen-bond acceptors (Lipinski definition) is 3. The molecule has 0 unspecified atom stereocenters. The van der Waals surface area contributed by atoms with E-state index in [1.165, 1.54) is 11.3 Å². The van der Waals surface area contributed by atoms with Gasteiger partial charge in [-0.3, -0.25) is 14.5 Å². The Morgan fingerprint density at radius 1 is 1.10 bits per heavy atom. The van der Waals surface area contributed by atoms with Gasteiger partial charge in [0.05, 0.1) is 24.5 Å². The predicted molar refractivity (Wildman–Crippen MR) is 70.4 cm³/mol. The first-order valence-electron chi connectivity index (χ1n) is 7.91. The van der Waals surface area contributed by atoms with Gasteiger partial charge in [0.25, 0.3) is 0 Å². The zero-order valence-electron chi connectivity index (χ0n) is 11.4. The van der Waals surface area contributed by atoms with Crippen molar-refractivity contribution in [2.45, 2.75) is 25.4 Å². The normalized spacial score (nSPS) is 51.6. The molecular formula is C16H19NO3. The lowest BCUT2D eigenvalue weighted by atomic mass is 9.63. The third-order valence-electron chi connectivity index (χ3n) is 6.16. The minimum Gasteiger partial charge on any atom is -0.376 e. The van der Waals surface area contributed by atoms with Gasteiger partial charge in [-0.2, -0.15) is 0 Å². The molecule has 2 aliphatic heterocycles. The third-order valence-corrected chi connectivity index (χ3v) is 6.16. The highest BCUT2D eigenvalue weighted by atomic mass is 16.5. The maximum absolute atomic E-state index is 12.7. The van der Waals surface area contributed by atoms with E-state index in [0.717, 1.165) is 19.4 Å². The van der Waals surface area contributed by atoms with Crippen LogP contribution < -0.4 is 0 Å². The molecule has 7 atom stereocenters. The number of carbonyl (C=O) groups is 2. The molecule has 4 fully saturated rings. The van der Waals surface area contributed by atoms with Crippen LogP contribution >= 0.6 is 0 Å². The van der Waals surface area contributed by atoms with Crippen LogP contribution in [0.4, 0.5) is 0 Å². The summed E-state index contributed by atoms with van der Waals surface area (Å²) in [6.45, 7) is 1.25. The number of likely N-dealkylation sites (tertiary alicyclic amines) is 1. The molecule has 0 aromatic heterocycles. The second kappa shape index (κ2) is 3.73. The van der Waals surface area contributed by atoms with Crippen LogP contribution in [0.15, 0.2) is 12.2 Å². The number of imide groups is 1. The second-order valence-corrected chi connectivity index (χ2v) is 7.08. The first kappa shape index (κ1) is 11.5. The summed E-state index contributed by atoms with van der Waals surface area (Å²) in [4.78, 5) is 26.9. The van der Waals surface area contributed by atoms with Crippen molar-refractivity contribution >= 4 is 11.8 Å². The van der Waals surface area contributed by atoms with Gasteiger partial charge in [-0.1, -0.05) is 12.2 Å². The summed E-state index contributed by atoms with van der Waals surface area (Å²) in [5.41, 5.74) is 0.